The Morgan fingerprint density at radius 2 is 2.04 bits per heavy atom. The second-order valence-corrected chi connectivity index (χ2v) is 8.09. The number of hydrogen-bond acceptors (Lipinski definition) is 5. The van der Waals surface area contributed by atoms with Crippen LogP contribution in [0.4, 0.5) is 13.6 Å². The van der Waals surface area contributed by atoms with Crippen molar-refractivity contribution in [1.29, 1.82) is 0 Å². The SMILES string of the molecule is CC(CNC(=O)c1sccc1SC(F)F)N(C)C(=O)OC(C)(C)C. The molecule has 0 saturated carbocycles. The number of rotatable bonds is 6. The van der Waals surface area contributed by atoms with Gasteiger partial charge in [0.2, 0.25) is 0 Å². The smallest absolute Gasteiger partial charge is 0.410 e. The molecule has 9 heteroatoms. The molecule has 24 heavy (non-hydrogen) atoms. The van der Waals surface area contributed by atoms with Crippen LogP contribution < -0.4 is 5.32 Å². The van der Waals surface area contributed by atoms with Crippen LogP contribution in [0.15, 0.2) is 16.3 Å². The van der Waals surface area contributed by atoms with Crippen LogP contribution in [0.5, 0.6) is 0 Å². The third-order valence-electron chi connectivity index (χ3n) is 2.95. The second-order valence-electron chi connectivity index (χ2n) is 6.14. The van der Waals surface area contributed by atoms with Crippen molar-refractivity contribution in [3.63, 3.8) is 0 Å². The zero-order valence-corrected chi connectivity index (χ0v) is 15.9. The molecule has 1 aromatic heterocycles. The van der Waals surface area contributed by atoms with Gasteiger partial charge in [-0.2, -0.15) is 8.78 Å². The molecule has 0 aliphatic carbocycles. The topological polar surface area (TPSA) is 58.6 Å². The molecule has 1 atom stereocenters. The average Bonchev–Trinajstić information content (AvgIpc) is 2.88. The lowest BCUT2D eigenvalue weighted by Crippen LogP contribution is -2.45. The lowest BCUT2D eigenvalue weighted by atomic mass is 10.2. The first-order valence-electron chi connectivity index (χ1n) is 7.27. The van der Waals surface area contributed by atoms with Crippen molar-refractivity contribution in [3.05, 3.63) is 16.3 Å². The maximum Gasteiger partial charge on any atom is 0.410 e. The molecule has 0 saturated heterocycles. The van der Waals surface area contributed by atoms with Crippen LogP contribution >= 0.6 is 23.1 Å². The molecule has 0 aromatic carbocycles. The van der Waals surface area contributed by atoms with Gasteiger partial charge in [0.25, 0.3) is 11.7 Å². The van der Waals surface area contributed by atoms with E-state index < -0.39 is 23.4 Å². The first-order chi connectivity index (χ1) is 11.0. The largest absolute Gasteiger partial charge is 0.444 e. The first-order valence-corrected chi connectivity index (χ1v) is 9.03. The molecule has 0 aliphatic rings. The molecule has 1 N–H and O–H groups in total. The second kappa shape index (κ2) is 8.66. The molecule has 0 bridgehead atoms. The van der Waals surface area contributed by atoms with Crippen molar-refractivity contribution in [1.82, 2.24) is 10.2 Å². The summed E-state index contributed by atoms with van der Waals surface area (Å²) in [4.78, 5) is 26.0. The average molecular weight is 380 g/mol. The number of nitrogens with zero attached hydrogens (tertiary/aromatic N) is 1. The van der Waals surface area contributed by atoms with Gasteiger partial charge >= 0.3 is 6.09 Å². The van der Waals surface area contributed by atoms with Gasteiger partial charge in [-0.25, -0.2) is 4.79 Å². The monoisotopic (exact) mass is 380 g/mol. The van der Waals surface area contributed by atoms with Crippen molar-refractivity contribution in [2.45, 2.75) is 50.0 Å². The quantitative estimate of drug-likeness (QED) is 0.757. The van der Waals surface area contributed by atoms with Gasteiger partial charge in [-0.1, -0.05) is 11.8 Å². The zero-order chi connectivity index (χ0) is 18.5. The number of ether oxygens (including phenoxy) is 1. The summed E-state index contributed by atoms with van der Waals surface area (Å²) in [5.41, 5.74) is -0.604. The van der Waals surface area contributed by atoms with Gasteiger partial charge in [-0.3, -0.25) is 4.79 Å². The van der Waals surface area contributed by atoms with E-state index in [4.69, 9.17) is 4.74 Å². The molecule has 0 radical (unpaired) electrons. The Balaban J connectivity index is 2.57. The fourth-order valence-corrected chi connectivity index (χ4v) is 3.24. The minimum atomic E-state index is -2.58. The molecule has 1 rings (SSSR count). The zero-order valence-electron chi connectivity index (χ0n) is 14.3. The van der Waals surface area contributed by atoms with E-state index in [-0.39, 0.29) is 22.4 Å². The highest BCUT2D eigenvalue weighted by Gasteiger charge is 2.24. The van der Waals surface area contributed by atoms with E-state index >= 15 is 0 Å². The van der Waals surface area contributed by atoms with Crippen LogP contribution in [0.25, 0.3) is 0 Å². The summed E-state index contributed by atoms with van der Waals surface area (Å²) in [5.74, 6) is -3.01. The Bertz CT molecular complexity index is 573. The minimum absolute atomic E-state index is 0.186. The van der Waals surface area contributed by atoms with Crippen molar-refractivity contribution in [3.8, 4) is 0 Å². The Morgan fingerprint density at radius 3 is 2.58 bits per heavy atom. The molecule has 136 valence electrons. The van der Waals surface area contributed by atoms with Crippen molar-refractivity contribution < 1.29 is 23.1 Å². The molecule has 2 amide bonds. The Kier molecular flexibility index (Phi) is 7.47. The summed E-state index contributed by atoms with van der Waals surface area (Å²) < 4.78 is 30.2. The van der Waals surface area contributed by atoms with Crippen LogP contribution in [0.3, 0.4) is 0 Å². The van der Waals surface area contributed by atoms with Gasteiger partial charge < -0.3 is 15.0 Å². The van der Waals surface area contributed by atoms with E-state index in [0.29, 0.717) is 11.8 Å². The van der Waals surface area contributed by atoms with E-state index in [1.165, 1.54) is 11.0 Å². The summed E-state index contributed by atoms with van der Waals surface area (Å²) >= 11 is 1.45. The predicted octanol–water partition coefficient (Wildman–Crippen LogP) is 4.05. The standard InChI is InChI=1S/C15H22F2N2O3S2/c1-9(19(5)14(21)22-15(2,3)4)8-18-12(20)11-10(6-7-23-11)24-13(16)17/h6-7,9,13H,8H2,1-5H3,(H,18,20). The molecular formula is C15H22F2N2O3S2. The van der Waals surface area contributed by atoms with E-state index in [0.717, 1.165) is 11.3 Å². The first kappa shape index (κ1) is 20.7. The lowest BCUT2D eigenvalue weighted by Gasteiger charge is -2.28. The maximum absolute atomic E-state index is 12.5. The molecule has 1 aromatic rings. The Labute approximate surface area is 148 Å². The Morgan fingerprint density at radius 1 is 1.42 bits per heavy atom. The number of likely N-dealkylation sites (N-methyl/N-ethyl adjacent to an activating group) is 1. The number of hydrogen-bond donors (Lipinski definition) is 1. The number of carbonyl (C=O) groups is 2. The van der Waals surface area contributed by atoms with Crippen LogP contribution in [-0.2, 0) is 4.74 Å². The van der Waals surface area contributed by atoms with Crippen LogP contribution in [0.2, 0.25) is 0 Å². The summed E-state index contributed by atoms with van der Waals surface area (Å²) in [6.45, 7) is 7.25. The summed E-state index contributed by atoms with van der Waals surface area (Å²) in [7, 11) is 1.58. The van der Waals surface area contributed by atoms with Gasteiger partial charge in [0.15, 0.2) is 0 Å². The summed E-state index contributed by atoms with van der Waals surface area (Å²) in [6, 6.07) is 1.18. The number of halogens is 2. The van der Waals surface area contributed by atoms with E-state index in [9.17, 15) is 18.4 Å². The number of carbonyl (C=O) groups excluding carboxylic acids is 2. The van der Waals surface area contributed by atoms with Gasteiger partial charge in [0, 0.05) is 24.5 Å². The number of thioether (sulfide) groups is 1. The van der Waals surface area contributed by atoms with E-state index in [1.807, 2.05) is 0 Å². The maximum atomic E-state index is 12.5. The van der Waals surface area contributed by atoms with Crippen LogP contribution in [0, 0.1) is 0 Å². The Hall–Kier alpha value is -1.35. The van der Waals surface area contributed by atoms with Gasteiger partial charge in [-0.15, -0.1) is 11.3 Å². The molecule has 0 aliphatic heterocycles. The van der Waals surface area contributed by atoms with Crippen molar-refractivity contribution >= 4 is 35.1 Å². The molecule has 0 spiro atoms. The summed E-state index contributed by atoms with van der Waals surface area (Å²) in [5, 5.41) is 4.25. The third-order valence-corrected chi connectivity index (χ3v) is 4.77. The number of nitrogens with one attached hydrogen (secondary N) is 1. The van der Waals surface area contributed by atoms with Crippen LogP contribution in [-0.4, -0.2) is 47.9 Å². The van der Waals surface area contributed by atoms with Crippen molar-refractivity contribution in [2.24, 2.45) is 0 Å². The van der Waals surface area contributed by atoms with Gasteiger partial charge in [0.05, 0.1) is 0 Å². The highest BCUT2D eigenvalue weighted by atomic mass is 32.2. The number of alkyl halides is 2. The number of amides is 2. The summed E-state index contributed by atoms with van der Waals surface area (Å²) in [6.07, 6.45) is -0.491. The fraction of sp³-hybridized carbons (Fsp3) is 0.600. The molecule has 0 fully saturated rings. The third kappa shape index (κ3) is 6.64. The molecule has 1 unspecified atom stereocenters. The fourth-order valence-electron chi connectivity index (χ4n) is 1.62. The lowest BCUT2D eigenvalue weighted by molar-refractivity contribution is 0.0234. The molecule has 1 heterocycles. The van der Waals surface area contributed by atoms with Gasteiger partial charge in [0.1, 0.15) is 10.5 Å². The van der Waals surface area contributed by atoms with Crippen molar-refractivity contribution in [2.75, 3.05) is 13.6 Å². The molecular weight excluding hydrogens is 358 g/mol. The van der Waals surface area contributed by atoms with E-state index in [2.05, 4.69) is 5.32 Å². The highest BCUT2D eigenvalue weighted by Crippen LogP contribution is 2.31. The normalized spacial score (nSPS) is 12.8. The molecule has 5 nitrogen and oxygen atoms in total. The predicted molar refractivity (Wildman–Crippen MR) is 92.0 cm³/mol. The van der Waals surface area contributed by atoms with Gasteiger partial charge in [-0.05, 0) is 39.1 Å². The van der Waals surface area contributed by atoms with E-state index in [1.54, 1.807) is 40.1 Å². The van der Waals surface area contributed by atoms with Crippen LogP contribution in [0.1, 0.15) is 37.4 Å². The number of thiophene rings is 1. The highest BCUT2D eigenvalue weighted by molar-refractivity contribution is 7.99. The minimum Gasteiger partial charge on any atom is -0.444 e.